The van der Waals surface area contributed by atoms with E-state index in [-0.39, 0.29) is 23.5 Å². The van der Waals surface area contributed by atoms with E-state index in [1.165, 1.54) is 23.9 Å². The number of thioether (sulfide) groups is 1. The first-order valence-electron chi connectivity index (χ1n) is 8.91. The highest BCUT2D eigenvalue weighted by molar-refractivity contribution is 7.99. The number of hydrogen-bond acceptors (Lipinski definition) is 6. The van der Waals surface area contributed by atoms with Crippen LogP contribution in [0.1, 0.15) is 27.9 Å². The number of carbonyl (C=O) groups excluding carboxylic acids is 1. The molecule has 4 rings (SSSR count). The van der Waals surface area contributed by atoms with Gasteiger partial charge >= 0.3 is 0 Å². The third-order valence-electron chi connectivity index (χ3n) is 4.33. The SMILES string of the molecule is Cc1cc(C)n2c(SCC(=O)N[C@H](c3ccc(F)cc3)c3cccs3)nnc2n1. The molecule has 148 valence electrons. The van der Waals surface area contributed by atoms with Gasteiger partial charge in [0.1, 0.15) is 5.82 Å². The van der Waals surface area contributed by atoms with Crippen molar-refractivity contribution < 1.29 is 9.18 Å². The molecule has 4 aromatic rings. The van der Waals surface area contributed by atoms with Crippen LogP contribution in [0, 0.1) is 19.7 Å². The van der Waals surface area contributed by atoms with Gasteiger partial charge in [-0.2, -0.15) is 0 Å². The normalized spacial score (nSPS) is 12.2. The minimum absolute atomic E-state index is 0.146. The van der Waals surface area contributed by atoms with Gasteiger partial charge < -0.3 is 5.32 Å². The standard InChI is InChI=1S/C20H18FN5OS2/c1-12-10-13(2)26-19(22-12)24-25-20(26)29-11-17(27)23-18(16-4-3-9-28-16)14-5-7-15(21)8-6-14/h3-10,18H,11H2,1-2H3,(H,23,27)/t18-/m1/s1. The van der Waals surface area contributed by atoms with Gasteiger partial charge in [-0.3, -0.25) is 9.20 Å². The second kappa shape index (κ2) is 8.30. The van der Waals surface area contributed by atoms with Crippen LogP contribution in [0.5, 0.6) is 0 Å². The smallest absolute Gasteiger partial charge is 0.256 e. The molecule has 0 unspecified atom stereocenters. The largest absolute Gasteiger partial charge is 0.344 e. The summed E-state index contributed by atoms with van der Waals surface area (Å²) < 4.78 is 15.1. The first-order valence-corrected chi connectivity index (χ1v) is 10.8. The van der Waals surface area contributed by atoms with Crippen molar-refractivity contribution in [3.8, 4) is 0 Å². The number of hydrogen-bond donors (Lipinski definition) is 1. The maximum atomic E-state index is 13.3. The summed E-state index contributed by atoms with van der Waals surface area (Å²) in [5.41, 5.74) is 2.66. The fourth-order valence-electron chi connectivity index (χ4n) is 3.06. The molecule has 0 fully saturated rings. The zero-order valence-electron chi connectivity index (χ0n) is 15.8. The molecule has 1 N–H and O–H groups in total. The number of fused-ring (bicyclic) bond motifs is 1. The van der Waals surface area contributed by atoms with Crippen molar-refractivity contribution in [2.75, 3.05) is 5.75 Å². The van der Waals surface area contributed by atoms with Crippen LogP contribution in [0.25, 0.3) is 5.78 Å². The fourth-order valence-corrected chi connectivity index (χ4v) is 4.66. The molecular weight excluding hydrogens is 409 g/mol. The van der Waals surface area contributed by atoms with Gasteiger partial charge in [0, 0.05) is 16.3 Å². The number of rotatable bonds is 6. The van der Waals surface area contributed by atoms with Crippen LogP contribution in [0.3, 0.4) is 0 Å². The van der Waals surface area contributed by atoms with Crippen LogP contribution in [0.2, 0.25) is 0 Å². The summed E-state index contributed by atoms with van der Waals surface area (Å²) in [7, 11) is 0. The summed E-state index contributed by atoms with van der Waals surface area (Å²) in [6.45, 7) is 3.86. The Balaban J connectivity index is 1.50. The monoisotopic (exact) mass is 427 g/mol. The van der Waals surface area contributed by atoms with E-state index in [9.17, 15) is 9.18 Å². The molecule has 0 aliphatic rings. The highest BCUT2D eigenvalue weighted by atomic mass is 32.2. The number of aryl methyl sites for hydroxylation is 2. The zero-order valence-corrected chi connectivity index (χ0v) is 17.4. The minimum Gasteiger partial charge on any atom is -0.344 e. The lowest BCUT2D eigenvalue weighted by Crippen LogP contribution is -2.30. The highest BCUT2D eigenvalue weighted by Gasteiger charge is 2.19. The number of nitrogens with one attached hydrogen (secondary N) is 1. The third-order valence-corrected chi connectivity index (χ3v) is 6.20. The van der Waals surface area contributed by atoms with Crippen LogP contribution in [-0.4, -0.2) is 31.2 Å². The van der Waals surface area contributed by atoms with Gasteiger partial charge in [0.15, 0.2) is 5.16 Å². The Morgan fingerprint density at radius 3 is 2.76 bits per heavy atom. The van der Waals surface area contributed by atoms with E-state index in [0.29, 0.717) is 10.9 Å². The molecule has 0 spiro atoms. The molecule has 0 saturated heterocycles. The Kier molecular flexibility index (Phi) is 5.59. The quantitative estimate of drug-likeness (QED) is 0.472. The van der Waals surface area contributed by atoms with Gasteiger partial charge in [-0.1, -0.05) is 30.0 Å². The van der Waals surface area contributed by atoms with Crippen molar-refractivity contribution in [2.45, 2.75) is 25.0 Å². The lowest BCUT2D eigenvalue weighted by molar-refractivity contribution is -0.119. The molecule has 3 aromatic heterocycles. The summed E-state index contributed by atoms with van der Waals surface area (Å²) >= 11 is 2.85. The number of benzene rings is 1. The average Bonchev–Trinajstić information content (AvgIpc) is 3.35. The van der Waals surface area contributed by atoms with Gasteiger partial charge in [-0.25, -0.2) is 9.37 Å². The average molecular weight is 428 g/mol. The van der Waals surface area contributed by atoms with E-state index >= 15 is 0 Å². The Bertz CT molecular complexity index is 1140. The Hall–Kier alpha value is -2.78. The predicted molar refractivity (Wildman–Crippen MR) is 112 cm³/mol. The lowest BCUT2D eigenvalue weighted by Gasteiger charge is -2.18. The zero-order chi connectivity index (χ0) is 20.4. The Labute approximate surface area is 175 Å². The summed E-state index contributed by atoms with van der Waals surface area (Å²) in [5.74, 6) is 0.246. The van der Waals surface area contributed by atoms with Crippen molar-refractivity contribution in [3.05, 3.63) is 75.5 Å². The van der Waals surface area contributed by atoms with E-state index < -0.39 is 0 Å². The molecule has 0 aliphatic carbocycles. The number of halogens is 1. The Morgan fingerprint density at radius 1 is 1.24 bits per heavy atom. The molecule has 1 aromatic carbocycles. The summed E-state index contributed by atoms with van der Waals surface area (Å²) in [5, 5.41) is 13.9. The number of nitrogens with zero attached hydrogens (tertiary/aromatic N) is 4. The maximum absolute atomic E-state index is 13.3. The maximum Gasteiger partial charge on any atom is 0.256 e. The van der Waals surface area contributed by atoms with Gasteiger partial charge in [0.25, 0.3) is 5.78 Å². The molecule has 1 amide bonds. The molecular formula is C20H18FN5OS2. The molecule has 0 radical (unpaired) electrons. The fraction of sp³-hybridized carbons (Fsp3) is 0.200. The number of amides is 1. The minimum atomic E-state index is -0.329. The van der Waals surface area contributed by atoms with Gasteiger partial charge in [-0.15, -0.1) is 21.5 Å². The van der Waals surface area contributed by atoms with E-state index in [1.807, 2.05) is 41.8 Å². The van der Waals surface area contributed by atoms with E-state index in [4.69, 9.17) is 0 Å². The molecule has 1 atom stereocenters. The molecule has 0 aliphatic heterocycles. The van der Waals surface area contributed by atoms with E-state index in [0.717, 1.165) is 21.8 Å². The van der Waals surface area contributed by atoms with Crippen LogP contribution in [0.4, 0.5) is 4.39 Å². The molecule has 3 heterocycles. The highest BCUT2D eigenvalue weighted by Crippen LogP contribution is 2.27. The number of thiophene rings is 1. The molecule has 29 heavy (non-hydrogen) atoms. The molecule has 6 nitrogen and oxygen atoms in total. The second-order valence-corrected chi connectivity index (χ2v) is 8.43. The van der Waals surface area contributed by atoms with Crippen LogP contribution >= 0.6 is 23.1 Å². The third kappa shape index (κ3) is 4.30. The van der Waals surface area contributed by atoms with Crippen molar-refractivity contribution in [1.82, 2.24) is 24.9 Å². The Morgan fingerprint density at radius 2 is 2.03 bits per heavy atom. The molecule has 9 heteroatoms. The van der Waals surface area contributed by atoms with Crippen molar-refractivity contribution in [2.24, 2.45) is 0 Å². The van der Waals surface area contributed by atoms with Gasteiger partial charge in [-0.05, 0) is 49.1 Å². The van der Waals surface area contributed by atoms with E-state index in [2.05, 4.69) is 20.5 Å². The first-order chi connectivity index (χ1) is 14.0. The van der Waals surface area contributed by atoms with Crippen LogP contribution in [0.15, 0.2) is 53.0 Å². The number of carbonyl (C=O) groups is 1. The summed E-state index contributed by atoms with van der Waals surface area (Å²) in [6, 6.07) is 11.7. The van der Waals surface area contributed by atoms with Crippen molar-refractivity contribution in [3.63, 3.8) is 0 Å². The summed E-state index contributed by atoms with van der Waals surface area (Å²) in [6.07, 6.45) is 0. The summed E-state index contributed by atoms with van der Waals surface area (Å²) in [4.78, 5) is 18.0. The topological polar surface area (TPSA) is 72.2 Å². The molecule has 0 saturated carbocycles. The van der Waals surface area contributed by atoms with Crippen LogP contribution in [-0.2, 0) is 4.79 Å². The van der Waals surface area contributed by atoms with E-state index in [1.54, 1.807) is 23.5 Å². The predicted octanol–water partition coefficient (Wildman–Crippen LogP) is 3.94. The van der Waals surface area contributed by atoms with Crippen molar-refractivity contribution in [1.29, 1.82) is 0 Å². The van der Waals surface area contributed by atoms with Crippen molar-refractivity contribution >= 4 is 34.8 Å². The second-order valence-electron chi connectivity index (χ2n) is 6.51. The van der Waals surface area contributed by atoms with Gasteiger partial charge in [0.2, 0.25) is 5.91 Å². The first kappa shape index (κ1) is 19.5. The van der Waals surface area contributed by atoms with Crippen LogP contribution < -0.4 is 5.32 Å². The molecule has 0 bridgehead atoms. The lowest BCUT2D eigenvalue weighted by atomic mass is 10.1. The number of aromatic nitrogens is 4. The van der Waals surface area contributed by atoms with Gasteiger partial charge in [0.05, 0.1) is 11.8 Å².